The van der Waals surface area contributed by atoms with Gasteiger partial charge in [-0.05, 0) is 82.5 Å². The summed E-state index contributed by atoms with van der Waals surface area (Å²) in [6.07, 6.45) is 6.70. The Bertz CT molecular complexity index is 1020. The Labute approximate surface area is 160 Å². The van der Waals surface area contributed by atoms with E-state index in [1.165, 1.54) is 45.1 Å². The molecule has 0 aromatic carbocycles. The lowest BCUT2D eigenvalue weighted by molar-refractivity contribution is 0.930. The zero-order valence-electron chi connectivity index (χ0n) is 16.5. The van der Waals surface area contributed by atoms with Crippen molar-refractivity contribution in [1.82, 2.24) is 15.0 Å². The highest BCUT2D eigenvalue weighted by molar-refractivity contribution is 6.02. The number of hydrogen-bond donors (Lipinski definition) is 3. The Morgan fingerprint density at radius 3 is 1.44 bits per heavy atom. The van der Waals surface area contributed by atoms with Crippen LogP contribution in [0.15, 0.2) is 59.7 Å². The third-order valence-electron chi connectivity index (χ3n) is 5.23. The molecule has 3 N–H and O–H groups in total. The van der Waals surface area contributed by atoms with Gasteiger partial charge in [0.15, 0.2) is 0 Å². The first-order valence-corrected chi connectivity index (χ1v) is 9.60. The summed E-state index contributed by atoms with van der Waals surface area (Å²) in [5, 5.41) is 0. The SMILES string of the molecule is CC1=CC=C(C(=C(c2ccc(C)[nH]2)c2ccc(C)[nH]2)c2ccc(C)[nH]2)CC1. The van der Waals surface area contributed by atoms with Crippen molar-refractivity contribution in [2.45, 2.75) is 40.5 Å². The third kappa shape index (κ3) is 3.50. The van der Waals surface area contributed by atoms with E-state index in [1.807, 2.05) is 0 Å². The summed E-state index contributed by atoms with van der Waals surface area (Å²) in [6.45, 7) is 8.52. The van der Waals surface area contributed by atoms with Crippen LogP contribution in [0, 0.1) is 20.8 Å². The molecule has 27 heavy (non-hydrogen) atoms. The lowest BCUT2D eigenvalue weighted by Crippen LogP contribution is -2.02. The molecule has 4 rings (SSSR count). The molecule has 3 aromatic rings. The molecule has 1 aliphatic carbocycles. The molecule has 3 nitrogen and oxygen atoms in total. The number of rotatable bonds is 4. The van der Waals surface area contributed by atoms with Gasteiger partial charge in [0.2, 0.25) is 0 Å². The van der Waals surface area contributed by atoms with Crippen LogP contribution in [0.3, 0.4) is 0 Å². The number of nitrogens with one attached hydrogen (secondary N) is 3. The number of allylic oxidation sites excluding steroid dienone is 5. The molecule has 0 radical (unpaired) electrons. The quantitative estimate of drug-likeness (QED) is 0.496. The van der Waals surface area contributed by atoms with Crippen LogP contribution in [0.1, 0.15) is 53.9 Å². The largest absolute Gasteiger partial charge is 0.359 e. The minimum Gasteiger partial charge on any atom is -0.359 e. The van der Waals surface area contributed by atoms with E-state index >= 15 is 0 Å². The van der Waals surface area contributed by atoms with E-state index in [0.717, 1.165) is 24.2 Å². The fourth-order valence-electron chi connectivity index (χ4n) is 3.78. The Balaban J connectivity index is 2.03. The van der Waals surface area contributed by atoms with Crippen LogP contribution < -0.4 is 0 Å². The first-order chi connectivity index (χ1) is 13.0. The van der Waals surface area contributed by atoms with Gasteiger partial charge >= 0.3 is 0 Å². The molecule has 0 fully saturated rings. The van der Waals surface area contributed by atoms with Gasteiger partial charge < -0.3 is 15.0 Å². The van der Waals surface area contributed by atoms with Crippen molar-refractivity contribution in [3.63, 3.8) is 0 Å². The smallest absolute Gasteiger partial charge is 0.0484 e. The van der Waals surface area contributed by atoms with Gasteiger partial charge in [0.1, 0.15) is 0 Å². The van der Waals surface area contributed by atoms with E-state index in [9.17, 15) is 0 Å². The molecule has 1 aliphatic rings. The first-order valence-electron chi connectivity index (χ1n) is 9.60. The molecule has 0 amide bonds. The van der Waals surface area contributed by atoms with Gasteiger partial charge in [-0.2, -0.15) is 0 Å². The Morgan fingerprint density at radius 1 is 0.593 bits per heavy atom. The first kappa shape index (κ1) is 17.5. The summed E-state index contributed by atoms with van der Waals surface area (Å²) in [5.41, 5.74) is 12.3. The summed E-state index contributed by atoms with van der Waals surface area (Å²) < 4.78 is 0. The van der Waals surface area contributed by atoms with Crippen molar-refractivity contribution >= 4 is 11.1 Å². The Hall–Kier alpha value is -2.94. The van der Waals surface area contributed by atoms with Gasteiger partial charge in [-0.3, -0.25) is 0 Å². The summed E-state index contributed by atoms with van der Waals surface area (Å²) >= 11 is 0. The molecule has 0 atom stereocenters. The number of aryl methyl sites for hydroxylation is 3. The van der Waals surface area contributed by atoms with Crippen molar-refractivity contribution in [2.75, 3.05) is 0 Å². The minimum atomic E-state index is 1.05. The third-order valence-corrected chi connectivity index (χ3v) is 5.23. The summed E-state index contributed by atoms with van der Waals surface area (Å²) in [7, 11) is 0. The number of aromatic nitrogens is 3. The fourth-order valence-corrected chi connectivity index (χ4v) is 3.78. The average molecular weight is 358 g/mol. The molecule has 0 unspecified atom stereocenters. The number of hydrogen-bond acceptors (Lipinski definition) is 0. The standard InChI is InChI=1S/C24H27N3/c1-15-5-10-19(11-6-15)23(20-12-7-16(2)25-20)24(21-13-8-17(3)26-21)22-14-9-18(4)27-22/h5,7-10,12-14,25-27H,6,11H2,1-4H3. The number of aromatic amines is 3. The lowest BCUT2D eigenvalue weighted by atomic mass is 9.87. The van der Waals surface area contributed by atoms with Crippen LogP contribution in [0.4, 0.5) is 0 Å². The van der Waals surface area contributed by atoms with E-state index in [2.05, 4.69) is 91.2 Å². The topological polar surface area (TPSA) is 47.4 Å². The zero-order valence-corrected chi connectivity index (χ0v) is 16.5. The maximum absolute atomic E-state index is 3.57. The van der Waals surface area contributed by atoms with E-state index in [-0.39, 0.29) is 0 Å². The van der Waals surface area contributed by atoms with Crippen LogP contribution in [0.2, 0.25) is 0 Å². The van der Waals surface area contributed by atoms with Crippen molar-refractivity contribution in [2.24, 2.45) is 0 Å². The van der Waals surface area contributed by atoms with E-state index in [4.69, 9.17) is 0 Å². The molecule has 3 heteroatoms. The van der Waals surface area contributed by atoms with Crippen molar-refractivity contribution in [3.05, 3.63) is 93.9 Å². The predicted octanol–water partition coefficient (Wildman–Crippen LogP) is 6.22. The Morgan fingerprint density at radius 2 is 1.07 bits per heavy atom. The molecule has 0 bridgehead atoms. The molecule has 138 valence electrons. The van der Waals surface area contributed by atoms with Crippen molar-refractivity contribution < 1.29 is 0 Å². The fraction of sp³-hybridized carbons (Fsp3) is 0.250. The van der Waals surface area contributed by atoms with E-state index < -0.39 is 0 Å². The second kappa shape index (κ2) is 6.99. The van der Waals surface area contributed by atoms with Gasteiger partial charge in [-0.1, -0.05) is 17.7 Å². The van der Waals surface area contributed by atoms with Crippen LogP contribution >= 0.6 is 0 Å². The molecule has 0 aliphatic heterocycles. The highest BCUT2D eigenvalue weighted by atomic mass is 14.8. The molecule has 0 spiro atoms. The second-order valence-electron chi connectivity index (χ2n) is 7.62. The summed E-state index contributed by atoms with van der Waals surface area (Å²) in [4.78, 5) is 10.7. The normalized spacial score (nSPS) is 14.1. The van der Waals surface area contributed by atoms with Gasteiger partial charge in [0, 0.05) is 45.3 Å². The molecule has 0 saturated carbocycles. The summed E-state index contributed by atoms with van der Waals surface area (Å²) in [5.74, 6) is 0. The van der Waals surface area contributed by atoms with Crippen molar-refractivity contribution in [3.8, 4) is 0 Å². The van der Waals surface area contributed by atoms with Crippen LogP contribution in [0.25, 0.3) is 11.1 Å². The zero-order chi connectivity index (χ0) is 19.0. The van der Waals surface area contributed by atoms with Gasteiger partial charge in [0.25, 0.3) is 0 Å². The maximum Gasteiger partial charge on any atom is 0.0484 e. The summed E-state index contributed by atoms with van der Waals surface area (Å²) in [6, 6.07) is 13.0. The van der Waals surface area contributed by atoms with Crippen molar-refractivity contribution in [1.29, 1.82) is 0 Å². The molecular formula is C24H27N3. The molecule has 3 aromatic heterocycles. The van der Waals surface area contributed by atoms with Gasteiger partial charge in [0.05, 0.1) is 0 Å². The molecular weight excluding hydrogens is 330 g/mol. The average Bonchev–Trinajstić information content (AvgIpc) is 3.36. The maximum atomic E-state index is 3.57. The minimum absolute atomic E-state index is 1.05. The lowest BCUT2D eigenvalue weighted by Gasteiger charge is -2.19. The number of H-pyrrole nitrogens is 3. The van der Waals surface area contributed by atoms with Crippen LogP contribution in [-0.4, -0.2) is 15.0 Å². The van der Waals surface area contributed by atoms with Crippen LogP contribution in [-0.2, 0) is 0 Å². The van der Waals surface area contributed by atoms with Gasteiger partial charge in [-0.25, -0.2) is 0 Å². The Kier molecular flexibility index (Phi) is 4.53. The highest BCUT2D eigenvalue weighted by Crippen LogP contribution is 2.39. The van der Waals surface area contributed by atoms with E-state index in [1.54, 1.807) is 0 Å². The highest BCUT2D eigenvalue weighted by Gasteiger charge is 2.21. The predicted molar refractivity (Wildman–Crippen MR) is 114 cm³/mol. The van der Waals surface area contributed by atoms with Crippen LogP contribution in [0.5, 0.6) is 0 Å². The molecule has 0 saturated heterocycles. The molecule has 3 heterocycles. The monoisotopic (exact) mass is 357 g/mol. The van der Waals surface area contributed by atoms with Gasteiger partial charge in [-0.15, -0.1) is 0 Å². The van der Waals surface area contributed by atoms with E-state index in [0.29, 0.717) is 0 Å². The second-order valence-corrected chi connectivity index (χ2v) is 7.62.